The Morgan fingerprint density at radius 1 is 1.32 bits per heavy atom. The third-order valence-corrected chi connectivity index (χ3v) is 3.66. The van der Waals surface area contributed by atoms with Gasteiger partial charge in [0, 0.05) is 18.2 Å². The molecule has 1 aromatic carbocycles. The molecule has 3 rings (SSSR count). The van der Waals surface area contributed by atoms with Gasteiger partial charge in [0.1, 0.15) is 11.7 Å². The number of nitrogens with two attached hydrogens (primary N) is 1. The van der Waals surface area contributed by atoms with Crippen LogP contribution in [0, 0.1) is 6.92 Å². The third-order valence-electron chi connectivity index (χ3n) is 3.66. The first-order chi connectivity index (χ1) is 10.6. The summed E-state index contributed by atoms with van der Waals surface area (Å²) >= 11 is 0. The first-order valence-corrected chi connectivity index (χ1v) is 7.07. The van der Waals surface area contributed by atoms with E-state index in [0.29, 0.717) is 0 Å². The summed E-state index contributed by atoms with van der Waals surface area (Å²) in [7, 11) is 0. The molecule has 0 bridgehead atoms. The van der Waals surface area contributed by atoms with Gasteiger partial charge in [-0.2, -0.15) is 0 Å². The van der Waals surface area contributed by atoms with Gasteiger partial charge in [-0.25, -0.2) is 4.98 Å². The van der Waals surface area contributed by atoms with Crippen molar-refractivity contribution in [3.8, 4) is 11.3 Å². The van der Waals surface area contributed by atoms with Crippen molar-refractivity contribution in [1.29, 1.82) is 0 Å². The molecular weight excluding hydrogens is 278 g/mol. The molecule has 0 spiro atoms. The molecule has 3 N–H and O–H groups in total. The van der Waals surface area contributed by atoms with Crippen LogP contribution >= 0.6 is 0 Å². The molecule has 2 heterocycles. The second-order valence-electron chi connectivity index (χ2n) is 5.35. The van der Waals surface area contributed by atoms with Crippen LogP contribution in [0.15, 0.2) is 48.7 Å². The number of hydrogen-bond donors (Lipinski definition) is 2. The minimum Gasteiger partial charge on any atom is -0.480 e. The minimum absolute atomic E-state index is 0.226. The number of carboxylic acid groups (broad SMARTS) is 1. The number of imidazole rings is 1. The molecule has 0 saturated carbocycles. The first kappa shape index (κ1) is 14.3. The molecule has 0 aliphatic heterocycles. The molecule has 0 saturated heterocycles. The number of aliphatic carboxylic acids is 1. The van der Waals surface area contributed by atoms with Gasteiger partial charge < -0.3 is 15.2 Å². The van der Waals surface area contributed by atoms with Crippen LogP contribution in [0.5, 0.6) is 0 Å². The summed E-state index contributed by atoms with van der Waals surface area (Å²) in [6, 6.07) is 12.7. The highest BCUT2D eigenvalue weighted by molar-refractivity contribution is 5.75. The highest BCUT2D eigenvalue weighted by Crippen LogP contribution is 2.25. The van der Waals surface area contributed by atoms with Crippen LogP contribution in [-0.4, -0.2) is 26.5 Å². The van der Waals surface area contributed by atoms with Crippen molar-refractivity contribution < 1.29 is 9.90 Å². The minimum atomic E-state index is -1.01. The zero-order valence-electron chi connectivity index (χ0n) is 12.2. The van der Waals surface area contributed by atoms with E-state index in [1.54, 1.807) is 0 Å². The Balaban J connectivity index is 2.19. The van der Waals surface area contributed by atoms with E-state index in [0.717, 1.165) is 28.2 Å². The number of aryl methyl sites for hydroxylation is 1. The van der Waals surface area contributed by atoms with Crippen molar-refractivity contribution in [3.63, 3.8) is 0 Å². The van der Waals surface area contributed by atoms with Crippen molar-refractivity contribution in [1.82, 2.24) is 9.38 Å². The maximum absolute atomic E-state index is 11.1. The lowest BCUT2D eigenvalue weighted by atomic mass is 10.1. The average Bonchev–Trinajstić information content (AvgIpc) is 2.85. The van der Waals surface area contributed by atoms with Crippen LogP contribution in [-0.2, 0) is 11.2 Å². The SMILES string of the molecule is Cc1ccn2c(CC(N)C(=O)O)c(-c3ccccc3)nc2c1. The molecule has 0 radical (unpaired) electrons. The third kappa shape index (κ3) is 2.58. The van der Waals surface area contributed by atoms with Gasteiger partial charge in [0.05, 0.1) is 11.4 Å². The number of carboxylic acids is 1. The standard InChI is InChI=1S/C17H17N3O2/c1-11-7-8-20-14(10-13(18)17(21)22)16(19-15(20)9-11)12-5-3-2-4-6-12/h2-9,13H,10,18H2,1H3,(H,21,22). The largest absolute Gasteiger partial charge is 0.480 e. The fourth-order valence-corrected chi connectivity index (χ4v) is 2.52. The van der Waals surface area contributed by atoms with Crippen molar-refractivity contribution >= 4 is 11.6 Å². The topological polar surface area (TPSA) is 80.6 Å². The first-order valence-electron chi connectivity index (χ1n) is 7.07. The summed E-state index contributed by atoms with van der Waals surface area (Å²) in [4.78, 5) is 15.8. The van der Waals surface area contributed by atoms with Crippen molar-refractivity contribution in [3.05, 3.63) is 59.9 Å². The van der Waals surface area contributed by atoms with Gasteiger partial charge in [0.2, 0.25) is 0 Å². The average molecular weight is 295 g/mol. The molecule has 0 aliphatic carbocycles. The van der Waals surface area contributed by atoms with E-state index in [2.05, 4.69) is 4.98 Å². The number of nitrogens with zero attached hydrogens (tertiary/aromatic N) is 2. The Morgan fingerprint density at radius 3 is 2.73 bits per heavy atom. The normalized spacial score (nSPS) is 12.5. The van der Waals surface area contributed by atoms with Crippen molar-refractivity contribution in [2.24, 2.45) is 5.73 Å². The molecule has 0 aliphatic rings. The van der Waals surface area contributed by atoms with Gasteiger partial charge in [-0.3, -0.25) is 4.79 Å². The number of rotatable bonds is 4. The van der Waals surface area contributed by atoms with Crippen LogP contribution in [0.4, 0.5) is 0 Å². The lowest BCUT2D eigenvalue weighted by Crippen LogP contribution is -2.32. The highest BCUT2D eigenvalue weighted by atomic mass is 16.4. The summed E-state index contributed by atoms with van der Waals surface area (Å²) in [5.41, 5.74) is 10.2. The van der Waals surface area contributed by atoms with E-state index in [1.807, 2.05) is 60.0 Å². The van der Waals surface area contributed by atoms with E-state index < -0.39 is 12.0 Å². The van der Waals surface area contributed by atoms with Gasteiger partial charge in [-0.1, -0.05) is 30.3 Å². The van der Waals surface area contributed by atoms with E-state index in [1.165, 1.54) is 0 Å². The molecule has 5 heteroatoms. The molecule has 0 fully saturated rings. The monoisotopic (exact) mass is 295 g/mol. The molecular formula is C17H17N3O2. The summed E-state index contributed by atoms with van der Waals surface area (Å²) in [6.07, 6.45) is 2.14. The molecule has 0 amide bonds. The Morgan fingerprint density at radius 2 is 2.05 bits per heavy atom. The number of hydrogen-bond acceptors (Lipinski definition) is 3. The van der Waals surface area contributed by atoms with Crippen molar-refractivity contribution in [2.75, 3.05) is 0 Å². The maximum Gasteiger partial charge on any atom is 0.320 e. The van der Waals surface area contributed by atoms with Gasteiger partial charge in [0.15, 0.2) is 0 Å². The fourth-order valence-electron chi connectivity index (χ4n) is 2.52. The Bertz CT molecular complexity index is 825. The molecule has 3 aromatic rings. The van der Waals surface area contributed by atoms with Crippen LogP contribution in [0.25, 0.3) is 16.9 Å². The zero-order valence-corrected chi connectivity index (χ0v) is 12.2. The number of carbonyl (C=O) groups is 1. The van der Waals surface area contributed by atoms with Crippen LogP contribution in [0.1, 0.15) is 11.3 Å². The molecule has 112 valence electrons. The molecule has 22 heavy (non-hydrogen) atoms. The van der Waals surface area contributed by atoms with Gasteiger partial charge in [-0.05, 0) is 24.6 Å². The highest BCUT2D eigenvalue weighted by Gasteiger charge is 2.20. The molecule has 2 aromatic heterocycles. The second kappa shape index (κ2) is 5.61. The van der Waals surface area contributed by atoms with E-state index in [4.69, 9.17) is 10.8 Å². The van der Waals surface area contributed by atoms with Gasteiger partial charge in [0.25, 0.3) is 0 Å². The Labute approximate surface area is 128 Å². The fraction of sp³-hybridized carbons (Fsp3) is 0.176. The number of pyridine rings is 1. The van der Waals surface area contributed by atoms with Gasteiger partial charge >= 0.3 is 5.97 Å². The predicted molar refractivity (Wildman–Crippen MR) is 84.7 cm³/mol. The number of fused-ring (bicyclic) bond motifs is 1. The summed E-state index contributed by atoms with van der Waals surface area (Å²) in [6.45, 7) is 2.00. The zero-order chi connectivity index (χ0) is 15.7. The quantitative estimate of drug-likeness (QED) is 0.773. The van der Waals surface area contributed by atoms with E-state index in [9.17, 15) is 4.79 Å². The Hall–Kier alpha value is -2.66. The molecule has 1 atom stereocenters. The summed E-state index contributed by atoms with van der Waals surface area (Å²) in [5.74, 6) is -1.01. The summed E-state index contributed by atoms with van der Waals surface area (Å²) < 4.78 is 1.91. The molecule has 1 unspecified atom stereocenters. The number of benzene rings is 1. The van der Waals surface area contributed by atoms with Crippen LogP contribution in [0.2, 0.25) is 0 Å². The smallest absolute Gasteiger partial charge is 0.320 e. The van der Waals surface area contributed by atoms with Gasteiger partial charge in [-0.15, -0.1) is 0 Å². The maximum atomic E-state index is 11.1. The van der Waals surface area contributed by atoms with Crippen LogP contribution in [0.3, 0.4) is 0 Å². The predicted octanol–water partition coefficient (Wildman–Crippen LogP) is 2.26. The molecule has 5 nitrogen and oxygen atoms in total. The van der Waals surface area contributed by atoms with Crippen LogP contribution < -0.4 is 5.73 Å². The van der Waals surface area contributed by atoms with Crippen molar-refractivity contribution in [2.45, 2.75) is 19.4 Å². The number of aromatic nitrogens is 2. The lowest BCUT2D eigenvalue weighted by molar-refractivity contribution is -0.138. The summed E-state index contributed by atoms with van der Waals surface area (Å²) in [5, 5.41) is 9.10. The Kier molecular flexibility index (Phi) is 3.65. The lowest BCUT2D eigenvalue weighted by Gasteiger charge is -2.09. The van der Waals surface area contributed by atoms with E-state index in [-0.39, 0.29) is 6.42 Å². The van der Waals surface area contributed by atoms with E-state index >= 15 is 0 Å². The second-order valence-corrected chi connectivity index (χ2v) is 5.35.